The van der Waals surface area contributed by atoms with Crippen molar-refractivity contribution in [3.05, 3.63) is 48.6 Å². The number of hydrogen-bond donors (Lipinski definition) is 0. The summed E-state index contributed by atoms with van der Waals surface area (Å²) in [6.07, 6.45) is 4.03. The molecule has 1 aromatic carbocycles. The molecule has 0 radical (unpaired) electrons. The van der Waals surface area contributed by atoms with Gasteiger partial charge in [-0.3, -0.25) is 9.69 Å². The van der Waals surface area contributed by atoms with E-state index in [4.69, 9.17) is 4.74 Å². The number of ether oxygens (including phenoxy) is 1. The Bertz CT molecular complexity index is 447. The van der Waals surface area contributed by atoms with Crippen LogP contribution in [0.25, 0.3) is 0 Å². The molecule has 1 aliphatic heterocycles. The van der Waals surface area contributed by atoms with Gasteiger partial charge in [0.05, 0.1) is 0 Å². The number of piperidine rings is 1. The van der Waals surface area contributed by atoms with Gasteiger partial charge in [-0.05, 0) is 5.56 Å². The zero-order valence-corrected chi connectivity index (χ0v) is 12.2. The van der Waals surface area contributed by atoms with Crippen molar-refractivity contribution in [2.45, 2.75) is 31.8 Å². The van der Waals surface area contributed by atoms with Gasteiger partial charge in [-0.1, -0.05) is 43.3 Å². The Labute approximate surface area is 121 Å². The van der Waals surface area contributed by atoms with Crippen molar-refractivity contribution < 1.29 is 9.53 Å². The molecular formula is C17H23NO2. The first-order valence-electron chi connectivity index (χ1n) is 7.31. The molecule has 2 rings (SSSR count). The van der Waals surface area contributed by atoms with E-state index in [9.17, 15) is 4.79 Å². The third-order valence-electron chi connectivity index (χ3n) is 3.95. The van der Waals surface area contributed by atoms with Crippen LogP contribution in [0.4, 0.5) is 0 Å². The monoisotopic (exact) mass is 273 g/mol. The summed E-state index contributed by atoms with van der Waals surface area (Å²) in [5, 5.41) is 0. The maximum absolute atomic E-state index is 11.8. The fourth-order valence-electron chi connectivity index (χ4n) is 2.76. The molecule has 0 aliphatic carbocycles. The van der Waals surface area contributed by atoms with E-state index in [1.165, 1.54) is 0 Å². The first kappa shape index (κ1) is 14.8. The Morgan fingerprint density at radius 3 is 2.55 bits per heavy atom. The molecule has 0 aromatic heterocycles. The van der Waals surface area contributed by atoms with Crippen LogP contribution in [0.5, 0.6) is 0 Å². The van der Waals surface area contributed by atoms with Gasteiger partial charge in [0.25, 0.3) is 0 Å². The molecule has 0 atom stereocenters. The van der Waals surface area contributed by atoms with Crippen molar-refractivity contribution in [1.82, 2.24) is 4.90 Å². The summed E-state index contributed by atoms with van der Waals surface area (Å²) in [6, 6.07) is 10.1. The average molecular weight is 273 g/mol. The van der Waals surface area contributed by atoms with E-state index in [1.807, 2.05) is 31.2 Å². The number of esters is 1. The lowest BCUT2D eigenvalue weighted by atomic mass is 9.84. The van der Waals surface area contributed by atoms with Gasteiger partial charge in [0, 0.05) is 38.9 Å². The molecule has 0 amide bonds. The van der Waals surface area contributed by atoms with Gasteiger partial charge < -0.3 is 4.74 Å². The molecule has 3 heteroatoms. The van der Waals surface area contributed by atoms with Gasteiger partial charge in [-0.2, -0.15) is 0 Å². The second kappa shape index (κ2) is 6.71. The van der Waals surface area contributed by atoms with Crippen LogP contribution >= 0.6 is 0 Å². The van der Waals surface area contributed by atoms with E-state index in [0.29, 0.717) is 6.42 Å². The van der Waals surface area contributed by atoms with E-state index >= 15 is 0 Å². The van der Waals surface area contributed by atoms with E-state index in [0.717, 1.165) is 38.0 Å². The van der Waals surface area contributed by atoms with Crippen LogP contribution in [0.3, 0.4) is 0 Å². The zero-order chi connectivity index (χ0) is 14.4. The van der Waals surface area contributed by atoms with Crippen LogP contribution in [0.1, 0.15) is 31.7 Å². The third kappa shape index (κ3) is 3.28. The number of rotatable bonds is 5. The number of hydrogen-bond acceptors (Lipinski definition) is 3. The SMILES string of the molecule is C=CCN1CCC(OC(=O)CC)(c2ccccc2)CC1. The van der Waals surface area contributed by atoms with Crippen molar-refractivity contribution in [1.29, 1.82) is 0 Å². The quantitative estimate of drug-likeness (QED) is 0.610. The van der Waals surface area contributed by atoms with E-state index in [2.05, 4.69) is 23.6 Å². The molecular weight excluding hydrogens is 250 g/mol. The Hall–Kier alpha value is -1.61. The van der Waals surface area contributed by atoms with E-state index in [1.54, 1.807) is 0 Å². The Morgan fingerprint density at radius 1 is 1.35 bits per heavy atom. The first-order chi connectivity index (χ1) is 9.70. The van der Waals surface area contributed by atoms with Gasteiger partial charge in [-0.25, -0.2) is 0 Å². The highest BCUT2D eigenvalue weighted by Crippen LogP contribution is 2.37. The minimum atomic E-state index is -0.452. The van der Waals surface area contributed by atoms with Crippen LogP contribution in [0.2, 0.25) is 0 Å². The molecule has 1 aromatic rings. The molecule has 1 heterocycles. The summed E-state index contributed by atoms with van der Waals surface area (Å²) >= 11 is 0. The van der Waals surface area contributed by atoms with Gasteiger partial charge in [0.15, 0.2) is 0 Å². The van der Waals surface area contributed by atoms with Gasteiger partial charge >= 0.3 is 5.97 Å². The summed E-state index contributed by atoms with van der Waals surface area (Å²) in [5.41, 5.74) is 0.659. The van der Waals surface area contributed by atoms with Crippen LogP contribution < -0.4 is 0 Å². The molecule has 0 saturated carbocycles. The maximum atomic E-state index is 11.8. The van der Waals surface area contributed by atoms with Crippen molar-refractivity contribution >= 4 is 5.97 Å². The number of likely N-dealkylation sites (tertiary alicyclic amines) is 1. The molecule has 1 aliphatic rings. The topological polar surface area (TPSA) is 29.5 Å². The maximum Gasteiger partial charge on any atom is 0.306 e. The third-order valence-corrected chi connectivity index (χ3v) is 3.95. The molecule has 1 fully saturated rings. The largest absolute Gasteiger partial charge is 0.454 e. The van der Waals surface area contributed by atoms with Crippen LogP contribution in [0.15, 0.2) is 43.0 Å². The van der Waals surface area contributed by atoms with E-state index < -0.39 is 5.60 Å². The standard InChI is InChI=1S/C17H23NO2/c1-3-12-18-13-10-17(11-14-18,20-16(19)4-2)15-8-6-5-7-9-15/h3,5-9H,1,4,10-14H2,2H3. The van der Waals surface area contributed by atoms with Crippen molar-refractivity contribution in [2.75, 3.05) is 19.6 Å². The second-order valence-electron chi connectivity index (χ2n) is 5.28. The predicted octanol–water partition coefficient (Wildman–Crippen LogP) is 3.12. The number of benzene rings is 1. The molecule has 0 N–H and O–H groups in total. The molecule has 1 saturated heterocycles. The first-order valence-corrected chi connectivity index (χ1v) is 7.31. The van der Waals surface area contributed by atoms with Crippen molar-refractivity contribution in [2.24, 2.45) is 0 Å². The highest BCUT2D eigenvalue weighted by molar-refractivity contribution is 5.69. The predicted molar refractivity (Wildman–Crippen MR) is 80.4 cm³/mol. The summed E-state index contributed by atoms with van der Waals surface area (Å²) in [6.45, 7) is 8.38. The lowest BCUT2D eigenvalue weighted by molar-refractivity contribution is -0.166. The number of nitrogens with zero attached hydrogens (tertiary/aromatic N) is 1. The van der Waals surface area contributed by atoms with Crippen LogP contribution in [-0.4, -0.2) is 30.5 Å². The van der Waals surface area contributed by atoms with Crippen LogP contribution in [0, 0.1) is 0 Å². The Balaban J connectivity index is 2.18. The van der Waals surface area contributed by atoms with E-state index in [-0.39, 0.29) is 5.97 Å². The molecule has 108 valence electrons. The fourth-order valence-corrected chi connectivity index (χ4v) is 2.76. The number of carbonyl (C=O) groups excluding carboxylic acids is 1. The summed E-state index contributed by atoms with van der Waals surface area (Å²) in [4.78, 5) is 14.2. The fraction of sp³-hybridized carbons (Fsp3) is 0.471. The second-order valence-corrected chi connectivity index (χ2v) is 5.28. The van der Waals surface area contributed by atoms with Gasteiger partial charge in [-0.15, -0.1) is 6.58 Å². The molecule has 0 spiro atoms. The number of carbonyl (C=O) groups is 1. The Kier molecular flexibility index (Phi) is 4.96. The zero-order valence-electron chi connectivity index (χ0n) is 12.2. The Morgan fingerprint density at radius 2 is 2.00 bits per heavy atom. The molecule has 0 unspecified atom stereocenters. The van der Waals surface area contributed by atoms with Crippen molar-refractivity contribution in [3.63, 3.8) is 0 Å². The summed E-state index contributed by atoms with van der Waals surface area (Å²) in [5.74, 6) is -0.119. The normalized spacial score (nSPS) is 18.4. The van der Waals surface area contributed by atoms with Crippen molar-refractivity contribution in [3.8, 4) is 0 Å². The average Bonchev–Trinajstić information content (AvgIpc) is 2.50. The lowest BCUT2D eigenvalue weighted by Gasteiger charge is -2.41. The highest BCUT2D eigenvalue weighted by Gasteiger charge is 2.39. The van der Waals surface area contributed by atoms with Crippen LogP contribution in [-0.2, 0) is 15.1 Å². The molecule has 20 heavy (non-hydrogen) atoms. The summed E-state index contributed by atoms with van der Waals surface area (Å²) in [7, 11) is 0. The minimum absolute atomic E-state index is 0.119. The molecule has 3 nitrogen and oxygen atoms in total. The molecule has 0 bridgehead atoms. The van der Waals surface area contributed by atoms with Gasteiger partial charge in [0.2, 0.25) is 0 Å². The highest BCUT2D eigenvalue weighted by atomic mass is 16.6. The minimum Gasteiger partial charge on any atom is -0.454 e. The van der Waals surface area contributed by atoms with Gasteiger partial charge in [0.1, 0.15) is 5.60 Å². The lowest BCUT2D eigenvalue weighted by Crippen LogP contribution is -2.45. The summed E-state index contributed by atoms with van der Waals surface area (Å²) < 4.78 is 5.85. The smallest absolute Gasteiger partial charge is 0.306 e.